The molecule has 0 bridgehead atoms. The lowest BCUT2D eigenvalue weighted by Gasteiger charge is -2.20. The van der Waals surface area contributed by atoms with E-state index in [0.29, 0.717) is 29.2 Å². The molecule has 3 aromatic rings. The van der Waals surface area contributed by atoms with Gasteiger partial charge in [0, 0.05) is 11.1 Å². The first kappa shape index (κ1) is 27.8. The van der Waals surface area contributed by atoms with Gasteiger partial charge in [-0.25, -0.2) is 8.78 Å². The van der Waals surface area contributed by atoms with Crippen molar-refractivity contribution >= 4 is 5.57 Å². The molecule has 1 aliphatic rings. The highest BCUT2D eigenvalue weighted by molar-refractivity contribution is 5.74. The molecule has 3 aromatic carbocycles. The van der Waals surface area contributed by atoms with Gasteiger partial charge in [-0.05, 0) is 79.0 Å². The molecular weight excluding hydrogens is 481 g/mol. The number of benzene rings is 3. The molecule has 0 spiro atoms. The summed E-state index contributed by atoms with van der Waals surface area (Å²) in [4.78, 5) is 0. The third-order valence-corrected chi connectivity index (χ3v) is 7.32. The molecule has 4 heteroatoms. The minimum atomic E-state index is -0.976. The van der Waals surface area contributed by atoms with Crippen molar-refractivity contribution in [1.29, 1.82) is 0 Å². The average molecular weight is 519 g/mol. The van der Waals surface area contributed by atoms with Gasteiger partial charge in [-0.15, -0.1) is 0 Å². The number of rotatable bonds is 11. The first-order valence-electron chi connectivity index (χ1n) is 13.8. The van der Waals surface area contributed by atoms with E-state index in [1.165, 1.54) is 24.1 Å². The number of unbranched alkanes of at least 4 members (excludes halogenated alkanes) is 4. The molecule has 1 atom stereocenters. The normalized spacial score (nSPS) is 15.6. The molecule has 0 aliphatic heterocycles. The van der Waals surface area contributed by atoms with E-state index in [1.807, 2.05) is 13.0 Å². The van der Waals surface area contributed by atoms with Crippen LogP contribution in [0, 0.1) is 23.4 Å². The molecule has 4 rings (SSSR count). The molecule has 0 N–H and O–H groups in total. The first-order chi connectivity index (χ1) is 18.5. The minimum Gasteiger partial charge on any atom is -0.490 e. The monoisotopic (exact) mass is 518 g/mol. The molecule has 1 aliphatic carbocycles. The van der Waals surface area contributed by atoms with Crippen molar-refractivity contribution < 1.29 is 17.9 Å². The molecule has 1 unspecified atom stereocenters. The van der Waals surface area contributed by atoms with Crippen molar-refractivity contribution in [3.8, 4) is 28.0 Å². The van der Waals surface area contributed by atoms with Crippen molar-refractivity contribution in [2.75, 3.05) is 6.61 Å². The Bertz CT molecular complexity index is 1270. The number of ether oxygens (including phenoxy) is 1. The van der Waals surface area contributed by atoms with Crippen LogP contribution in [0.5, 0.6) is 5.75 Å². The molecule has 0 saturated carbocycles. The fourth-order valence-electron chi connectivity index (χ4n) is 5.10. The Balaban J connectivity index is 1.44. The van der Waals surface area contributed by atoms with Gasteiger partial charge in [0.2, 0.25) is 5.82 Å². The molecule has 0 heterocycles. The smallest absolute Gasteiger partial charge is 0.201 e. The second kappa shape index (κ2) is 13.5. The maximum Gasteiger partial charge on any atom is 0.201 e. The van der Waals surface area contributed by atoms with Crippen molar-refractivity contribution in [2.24, 2.45) is 5.92 Å². The second-order valence-corrected chi connectivity index (χ2v) is 10.1. The maximum atomic E-state index is 15.1. The lowest BCUT2D eigenvalue weighted by atomic mass is 9.86. The van der Waals surface area contributed by atoms with E-state index in [1.54, 1.807) is 36.4 Å². The van der Waals surface area contributed by atoms with Gasteiger partial charge in [0.15, 0.2) is 11.6 Å². The summed E-state index contributed by atoms with van der Waals surface area (Å²) in [5, 5.41) is 0. The summed E-state index contributed by atoms with van der Waals surface area (Å²) in [7, 11) is 0. The maximum absolute atomic E-state index is 15.1. The van der Waals surface area contributed by atoms with Crippen LogP contribution in [0.3, 0.4) is 0 Å². The van der Waals surface area contributed by atoms with E-state index in [9.17, 15) is 8.78 Å². The number of allylic oxidation sites excluding steroid dienone is 4. The van der Waals surface area contributed by atoms with Crippen molar-refractivity contribution in [1.82, 2.24) is 0 Å². The topological polar surface area (TPSA) is 9.23 Å². The zero-order valence-electron chi connectivity index (χ0n) is 22.4. The van der Waals surface area contributed by atoms with E-state index in [-0.39, 0.29) is 17.1 Å². The SMILES string of the molecule is C/C=C/C1CC=C(c2ccc(-c3ccc(-c4ccc(OCCCCCCC)c(F)c4F)cc3)c(F)c2)CC1. The van der Waals surface area contributed by atoms with Crippen LogP contribution in [0.1, 0.15) is 70.8 Å². The fraction of sp³-hybridized carbons (Fsp3) is 0.353. The zero-order chi connectivity index (χ0) is 26.9. The van der Waals surface area contributed by atoms with Gasteiger partial charge in [0.05, 0.1) is 6.61 Å². The Morgan fingerprint density at radius 1 is 0.816 bits per heavy atom. The predicted octanol–water partition coefficient (Wildman–Crippen LogP) is 10.5. The molecular formula is C34H37F3O. The Kier molecular flexibility index (Phi) is 9.86. The van der Waals surface area contributed by atoms with E-state index in [0.717, 1.165) is 50.5 Å². The molecule has 1 nitrogen and oxygen atoms in total. The Morgan fingerprint density at radius 3 is 2.16 bits per heavy atom. The van der Waals surface area contributed by atoms with Crippen LogP contribution in [0.15, 0.2) is 72.8 Å². The molecule has 0 fully saturated rings. The summed E-state index contributed by atoms with van der Waals surface area (Å²) >= 11 is 0. The summed E-state index contributed by atoms with van der Waals surface area (Å²) in [6, 6.07) is 15.3. The quantitative estimate of drug-likeness (QED) is 0.181. The third kappa shape index (κ3) is 6.78. The molecule has 0 amide bonds. The minimum absolute atomic E-state index is 0.0639. The largest absolute Gasteiger partial charge is 0.490 e. The molecule has 0 saturated heterocycles. The predicted molar refractivity (Wildman–Crippen MR) is 152 cm³/mol. The Labute approximate surface area is 225 Å². The third-order valence-electron chi connectivity index (χ3n) is 7.32. The van der Waals surface area contributed by atoms with Gasteiger partial charge in [0.1, 0.15) is 5.82 Å². The van der Waals surface area contributed by atoms with E-state index in [4.69, 9.17) is 4.74 Å². The van der Waals surface area contributed by atoms with Gasteiger partial charge in [0.25, 0.3) is 0 Å². The number of hydrogen-bond acceptors (Lipinski definition) is 1. The van der Waals surface area contributed by atoms with E-state index in [2.05, 4.69) is 25.2 Å². The van der Waals surface area contributed by atoms with Crippen LogP contribution in [-0.2, 0) is 0 Å². The summed E-state index contributed by atoms with van der Waals surface area (Å²) in [6.07, 6.45) is 14.8. The van der Waals surface area contributed by atoms with E-state index < -0.39 is 11.6 Å². The van der Waals surface area contributed by atoms with Crippen molar-refractivity contribution in [3.05, 3.63) is 95.8 Å². The van der Waals surface area contributed by atoms with Gasteiger partial charge in [-0.3, -0.25) is 0 Å². The molecule has 0 radical (unpaired) electrons. The molecule has 200 valence electrons. The van der Waals surface area contributed by atoms with E-state index >= 15 is 4.39 Å². The second-order valence-electron chi connectivity index (χ2n) is 10.1. The summed E-state index contributed by atoms with van der Waals surface area (Å²) in [6.45, 7) is 4.55. The van der Waals surface area contributed by atoms with Crippen LogP contribution in [0.2, 0.25) is 0 Å². The van der Waals surface area contributed by atoms with Crippen LogP contribution in [0.25, 0.3) is 27.8 Å². The highest BCUT2D eigenvalue weighted by atomic mass is 19.2. The van der Waals surface area contributed by atoms with Gasteiger partial charge in [-0.1, -0.05) is 87.2 Å². The van der Waals surface area contributed by atoms with Gasteiger partial charge in [-0.2, -0.15) is 4.39 Å². The van der Waals surface area contributed by atoms with Gasteiger partial charge < -0.3 is 4.74 Å². The van der Waals surface area contributed by atoms with Crippen LogP contribution >= 0.6 is 0 Å². The average Bonchev–Trinajstić information content (AvgIpc) is 2.94. The highest BCUT2D eigenvalue weighted by Crippen LogP contribution is 2.35. The molecule has 38 heavy (non-hydrogen) atoms. The Hall–Kier alpha value is -3.27. The number of hydrogen-bond donors (Lipinski definition) is 0. The lowest BCUT2D eigenvalue weighted by Crippen LogP contribution is -2.03. The number of halogens is 3. The Morgan fingerprint density at radius 2 is 1.50 bits per heavy atom. The van der Waals surface area contributed by atoms with Crippen LogP contribution < -0.4 is 4.74 Å². The molecule has 0 aromatic heterocycles. The van der Waals surface area contributed by atoms with Crippen molar-refractivity contribution in [2.45, 2.75) is 65.2 Å². The first-order valence-corrected chi connectivity index (χ1v) is 13.8. The van der Waals surface area contributed by atoms with Crippen LogP contribution in [0.4, 0.5) is 13.2 Å². The van der Waals surface area contributed by atoms with Crippen LogP contribution in [-0.4, -0.2) is 6.61 Å². The summed E-state index contributed by atoms with van der Waals surface area (Å²) in [5.41, 5.74) is 3.96. The zero-order valence-corrected chi connectivity index (χ0v) is 22.4. The highest BCUT2D eigenvalue weighted by Gasteiger charge is 2.17. The fourth-order valence-corrected chi connectivity index (χ4v) is 5.10. The standard InChI is InChI=1S/C34H37F3O/c1-3-5-6-7-8-22-38-32-21-20-30(33(36)34(32)37)27-16-14-26(15-17-27)29-19-18-28(23-31(29)35)25-12-10-24(9-4-2)11-13-25/h4,9,12,14-21,23-24H,3,5-8,10-11,13,22H2,1-2H3/b9-4+. The van der Waals surface area contributed by atoms with Crippen molar-refractivity contribution in [3.63, 3.8) is 0 Å². The van der Waals surface area contributed by atoms with Gasteiger partial charge >= 0.3 is 0 Å². The lowest BCUT2D eigenvalue weighted by molar-refractivity contribution is 0.285. The summed E-state index contributed by atoms with van der Waals surface area (Å²) in [5.74, 6) is -1.70. The summed E-state index contributed by atoms with van der Waals surface area (Å²) < 4.78 is 50.1.